The fourth-order valence-corrected chi connectivity index (χ4v) is 3.15. The molecule has 1 nitrogen and oxygen atoms in total. The van der Waals surface area contributed by atoms with Gasteiger partial charge in [0.15, 0.2) is 0 Å². The van der Waals surface area contributed by atoms with Crippen LogP contribution in [0.1, 0.15) is 0 Å². The Bertz CT molecular complexity index is 312. The Kier molecular flexibility index (Phi) is 2.74. The Morgan fingerprint density at radius 2 is 2.31 bits per heavy atom. The summed E-state index contributed by atoms with van der Waals surface area (Å²) in [6.07, 6.45) is 2.12. The van der Waals surface area contributed by atoms with Gasteiger partial charge in [0.25, 0.3) is 0 Å². The van der Waals surface area contributed by atoms with Gasteiger partial charge in [-0.3, -0.25) is 0 Å². The Morgan fingerprint density at radius 3 is 3.08 bits per heavy atom. The summed E-state index contributed by atoms with van der Waals surface area (Å²) in [6, 6.07) is 6.72. The van der Waals surface area contributed by atoms with Gasteiger partial charge in [-0.25, -0.2) is 0 Å². The van der Waals surface area contributed by atoms with Crippen molar-refractivity contribution in [2.24, 2.45) is 0 Å². The molecule has 0 aromatic heterocycles. The van der Waals surface area contributed by atoms with E-state index < -0.39 is 0 Å². The van der Waals surface area contributed by atoms with Crippen molar-refractivity contribution in [1.82, 2.24) is 0 Å². The number of hydrogen-bond donors (Lipinski definition) is 0. The third-order valence-corrected chi connectivity index (χ3v) is 4.01. The number of anilines is 1. The second kappa shape index (κ2) is 3.84. The Balaban J connectivity index is 2.39. The third kappa shape index (κ3) is 1.81. The predicted octanol–water partition coefficient (Wildman–Crippen LogP) is 2.95. The summed E-state index contributed by atoms with van der Waals surface area (Å²) in [4.78, 5) is 5.12. The van der Waals surface area contributed by atoms with Crippen LogP contribution in [0.2, 0.25) is 0 Å². The summed E-state index contributed by atoms with van der Waals surface area (Å²) in [7, 11) is 2.16. The van der Waals surface area contributed by atoms with Crippen molar-refractivity contribution >= 4 is 29.2 Å². The SMILES string of the molecule is CSc1ccc2c(c1)SCCN2C. The second-order valence-corrected chi connectivity index (χ2v) is 5.12. The van der Waals surface area contributed by atoms with Crippen molar-refractivity contribution < 1.29 is 0 Å². The molecular weight excluding hydrogens is 198 g/mol. The van der Waals surface area contributed by atoms with E-state index in [0.717, 1.165) is 6.54 Å². The summed E-state index contributed by atoms with van der Waals surface area (Å²) >= 11 is 3.78. The number of nitrogens with zero attached hydrogens (tertiary/aromatic N) is 1. The van der Waals surface area contributed by atoms with E-state index in [2.05, 4.69) is 36.4 Å². The molecule has 1 aliphatic rings. The minimum Gasteiger partial charge on any atom is -0.373 e. The van der Waals surface area contributed by atoms with Gasteiger partial charge in [0.2, 0.25) is 0 Å². The van der Waals surface area contributed by atoms with Gasteiger partial charge in [0.1, 0.15) is 0 Å². The number of hydrogen-bond acceptors (Lipinski definition) is 3. The van der Waals surface area contributed by atoms with E-state index in [1.54, 1.807) is 0 Å². The zero-order valence-corrected chi connectivity index (χ0v) is 9.54. The van der Waals surface area contributed by atoms with Crippen LogP contribution >= 0.6 is 23.5 Å². The summed E-state index contributed by atoms with van der Waals surface area (Å²) < 4.78 is 0. The van der Waals surface area contributed by atoms with Gasteiger partial charge in [0, 0.05) is 29.1 Å². The van der Waals surface area contributed by atoms with Gasteiger partial charge in [-0.2, -0.15) is 0 Å². The van der Waals surface area contributed by atoms with Gasteiger partial charge < -0.3 is 4.90 Å². The van der Waals surface area contributed by atoms with Crippen molar-refractivity contribution in [2.75, 3.05) is 30.5 Å². The van der Waals surface area contributed by atoms with Crippen LogP contribution in [0, 0.1) is 0 Å². The molecule has 0 N–H and O–H groups in total. The third-order valence-electron chi connectivity index (χ3n) is 2.26. The fourth-order valence-electron chi connectivity index (χ4n) is 1.47. The summed E-state index contributed by atoms with van der Waals surface area (Å²) in [5.74, 6) is 1.21. The molecular formula is C10H13NS2. The number of benzene rings is 1. The Hall–Kier alpha value is -0.280. The smallest absolute Gasteiger partial charge is 0.0502 e. The molecule has 0 bridgehead atoms. The molecule has 13 heavy (non-hydrogen) atoms. The van der Waals surface area contributed by atoms with Crippen LogP contribution in [0.3, 0.4) is 0 Å². The van der Waals surface area contributed by atoms with Crippen LogP contribution in [-0.4, -0.2) is 25.6 Å². The monoisotopic (exact) mass is 211 g/mol. The maximum atomic E-state index is 2.33. The van der Waals surface area contributed by atoms with E-state index >= 15 is 0 Å². The number of fused-ring (bicyclic) bond motifs is 1. The summed E-state index contributed by atoms with van der Waals surface area (Å²) in [6.45, 7) is 1.16. The minimum absolute atomic E-state index is 1.16. The van der Waals surface area contributed by atoms with Gasteiger partial charge >= 0.3 is 0 Å². The van der Waals surface area contributed by atoms with Crippen LogP contribution in [0.25, 0.3) is 0 Å². The van der Waals surface area contributed by atoms with Crippen LogP contribution < -0.4 is 4.90 Å². The Morgan fingerprint density at radius 1 is 1.46 bits per heavy atom. The number of rotatable bonds is 1. The number of thioether (sulfide) groups is 2. The fraction of sp³-hybridized carbons (Fsp3) is 0.400. The van der Waals surface area contributed by atoms with Gasteiger partial charge in [-0.15, -0.1) is 23.5 Å². The molecule has 0 aliphatic carbocycles. The predicted molar refractivity (Wildman–Crippen MR) is 62.2 cm³/mol. The molecule has 1 aliphatic heterocycles. The highest BCUT2D eigenvalue weighted by molar-refractivity contribution is 8.00. The first-order valence-corrected chi connectivity index (χ1v) is 6.54. The van der Waals surface area contributed by atoms with Crippen LogP contribution in [0.4, 0.5) is 5.69 Å². The largest absolute Gasteiger partial charge is 0.373 e. The molecule has 0 radical (unpaired) electrons. The summed E-state index contributed by atoms with van der Waals surface area (Å²) in [5, 5.41) is 0. The molecule has 0 saturated heterocycles. The molecule has 3 heteroatoms. The molecule has 0 spiro atoms. The average molecular weight is 211 g/mol. The molecule has 0 saturated carbocycles. The molecule has 0 amide bonds. The first-order chi connectivity index (χ1) is 6.31. The highest BCUT2D eigenvalue weighted by Crippen LogP contribution is 2.36. The van der Waals surface area contributed by atoms with Crippen molar-refractivity contribution in [3.05, 3.63) is 18.2 Å². The van der Waals surface area contributed by atoms with Crippen LogP contribution in [0.5, 0.6) is 0 Å². The van der Waals surface area contributed by atoms with E-state index in [1.165, 1.54) is 21.2 Å². The topological polar surface area (TPSA) is 3.24 Å². The lowest BCUT2D eigenvalue weighted by Gasteiger charge is -2.27. The maximum Gasteiger partial charge on any atom is 0.0502 e. The highest BCUT2D eigenvalue weighted by atomic mass is 32.2. The summed E-state index contributed by atoms with van der Waals surface area (Å²) in [5.41, 5.74) is 1.38. The van der Waals surface area contributed by atoms with E-state index in [1.807, 2.05) is 23.5 Å². The van der Waals surface area contributed by atoms with Crippen molar-refractivity contribution in [1.29, 1.82) is 0 Å². The zero-order chi connectivity index (χ0) is 9.26. The molecule has 0 fully saturated rings. The van der Waals surface area contributed by atoms with E-state index in [0.29, 0.717) is 0 Å². The van der Waals surface area contributed by atoms with Crippen molar-refractivity contribution in [3.8, 4) is 0 Å². The standard InChI is InChI=1S/C10H13NS2/c1-11-5-6-13-10-7-8(12-2)3-4-9(10)11/h3-4,7H,5-6H2,1-2H3. The van der Waals surface area contributed by atoms with Gasteiger partial charge in [0.05, 0.1) is 5.69 Å². The molecule has 70 valence electrons. The maximum absolute atomic E-state index is 2.33. The minimum atomic E-state index is 1.16. The lowest BCUT2D eigenvalue weighted by Crippen LogP contribution is -2.23. The van der Waals surface area contributed by atoms with Gasteiger partial charge in [-0.05, 0) is 24.5 Å². The quantitative estimate of drug-likeness (QED) is 0.658. The highest BCUT2D eigenvalue weighted by Gasteiger charge is 2.13. The molecule has 0 atom stereocenters. The first kappa shape index (κ1) is 9.28. The molecule has 1 aromatic rings. The van der Waals surface area contributed by atoms with E-state index in [4.69, 9.17) is 0 Å². The first-order valence-electron chi connectivity index (χ1n) is 4.33. The molecule has 2 rings (SSSR count). The van der Waals surface area contributed by atoms with Crippen molar-refractivity contribution in [3.63, 3.8) is 0 Å². The average Bonchev–Trinajstić information content (AvgIpc) is 2.18. The zero-order valence-electron chi connectivity index (χ0n) is 7.91. The van der Waals surface area contributed by atoms with E-state index in [-0.39, 0.29) is 0 Å². The Labute approximate surface area is 87.9 Å². The van der Waals surface area contributed by atoms with Crippen LogP contribution in [-0.2, 0) is 0 Å². The lowest BCUT2D eigenvalue weighted by atomic mass is 10.3. The van der Waals surface area contributed by atoms with Crippen LogP contribution in [0.15, 0.2) is 28.0 Å². The molecule has 1 aromatic carbocycles. The normalized spacial score (nSPS) is 15.7. The van der Waals surface area contributed by atoms with Gasteiger partial charge in [-0.1, -0.05) is 0 Å². The second-order valence-electron chi connectivity index (χ2n) is 3.10. The van der Waals surface area contributed by atoms with Crippen molar-refractivity contribution in [2.45, 2.75) is 9.79 Å². The lowest BCUT2D eigenvalue weighted by molar-refractivity contribution is 0.940. The molecule has 0 unspecified atom stereocenters. The van der Waals surface area contributed by atoms with E-state index in [9.17, 15) is 0 Å². The molecule has 1 heterocycles.